The number of carbonyl (C=O) groups is 2. The third-order valence-electron chi connectivity index (χ3n) is 4.80. The molecule has 1 aromatic heterocycles. The SMILES string of the molecule is Cc1cc(C)c(C)c(Oc2cc(NC(=O)c3cnn(CCC(=O)O)c3)cc([N+](=O)[O-])c2)c1. The lowest BCUT2D eigenvalue weighted by molar-refractivity contribution is -0.384. The van der Waals surface area contributed by atoms with Crippen molar-refractivity contribution in [3.8, 4) is 11.5 Å². The molecule has 10 nitrogen and oxygen atoms in total. The van der Waals surface area contributed by atoms with E-state index in [1.807, 2.05) is 32.9 Å². The highest BCUT2D eigenvalue weighted by Crippen LogP contribution is 2.33. The fourth-order valence-corrected chi connectivity index (χ4v) is 3.07. The number of aryl methyl sites for hydroxylation is 3. The monoisotopic (exact) mass is 438 g/mol. The van der Waals surface area contributed by atoms with Gasteiger partial charge in [0.1, 0.15) is 11.5 Å². The number of benzene rings is 2. The van der Waals surface area contributed by atoms with Gasteiger partial charge in [-0.1, -0.05) is 6.07 Å². The van der Waals surface area contributed by atoms with E-state index in [-0.39, 0.29) is 35.7 Å². The van der Waals surface area contributed by atoms with E-state index in [1.165, 1.54) is 35.3 Å². The van der Waals surface area contributed by atoms with Crippen LogP contribution in [-0.2, 0) is 11.3 Å². The van der Waals surface area contributed by atoms with E-state index in [0.717, 1.165) is 16.7 Å². The van der Waals surface area contributed by atoms with Crippen LogP contribution in [0.4, 0.5) is 11.4 Å². The number of nitro benzene ring substituents is 1. The summed E-state index contributed by atoms with van der Waals surface area (Å²) in [6.07, 6.45) is 2.57. The molecule has 1 amide bonds. The number of nitro groups is 1. The Kier molecular flexibility index (Phi) is 6.53. The minimum absolute atomic E-state index is 0.118. The van der Waals surface area contributed by atoms with Crippen LogP contribution in [0.25, 0.3) is 0 Å². The Hall–Kier alpha value is -4.21. The van der Waals surface area contributed by atoms with Crippen molar-refractivity contribution in [3.63, 3.8) is 0 Å². The topological polar surface area (TPSA) is 137 Å². The molecule has 0 unspecified atom stereocenters. The van der Waals surface area contributed by atoms with Crippen molar-refractivity contribution in [1.82, 2.24) is 9.78 Å². The molecule has 0 aliphatic carbocycles. The van der Waals surface area contributed by atoms with Crippen LogP contribution in [0.2, 0.25) is 0 Å². The fourth-order valence-electron chi connectivity index (χ4n) is 3.07. The largest absolute Gasteiger partial charge is 0.481 e. The predicted octanol–water partition coefficient (Wildman–Crippen LogP) is 4.24. The molecule has 3 aromatic rings. The standard InChI is InChI=1S/C22H22N4O6/c1-13-6-14(2)15(3)20(7-13)32-19-9-17(8-18(10-19)26(30)31)24-22(29)16-11-23-25(12-16)5-4-21(27)28/h6-12H,4-5H2,1-3H3,(H,24,29)(H,27,28). The summed E-state index contributed by atoms with van der Waals surface area (Å²) in [5.74, 6) is -0.741. The van der Waals surface area contributed by atoms with Gasteiger partial charge in [-0.15, -0.1) is 0 Å². The Labute approximate surface area is 183 Å². The number of nitrogens with one attached hydrogen (secondary N) is 1. The van der Waals surface area contributed by atoms with Gasteiger partial charge in [0.2, 0.25) is 0 Å². The molecule has 0 fully saturated rings. The maximum atomic E-state index is 12.6. The van der Waals surface area contributed by atoms with E-state index in [1.54, 1.807) is 0 Å². The molecule has 3 rings (SSSR count). The number of carboxylic acid groups (broad SMARTS) is 1. The summed E-state index contributed by atoms with van der Waals surface area (Å²) in [5, 5.41) is 26.7. The minimum Gasteiger partial charge on any atom is -0.481 e. The number of aliphatic carboxylic acids is 1. The smallest absolute Gasteiger partial charge is 0.305 e. The summed E-state index contributed by atoms with van der Waals surface area (Å²) >= 11 is 0. The lowest BCUT2D eigenvalue weighted by Gasteiger charge is -2.13. The highest BCUT2D eigenvalue weighted by Gasteiger charge is 2.16. The van der Waals surface area contributed by atoms with Gasteiger partial charge in [-0.3, -0.25) is 24.4 Å². The highest BCUT2D eigenvalue weighted by atomic mass is 16.6. The van der Waals surface area contributed by atoms with Gasteiger partial charge >= 0.3 is 5.97 Å². The van der Waals surface area contributed by atoms with Gasteiger partial charge in [-0.25, -0.2) is 0 Å². The Morgan fingerprint density at radius 2 is 1.94 bits per heavy atom. The maximum Gasteiger partial charge on any atom is 0.305 e. The summed E-state index contributed by atoms with van der Waals surface area (Å²) in [7, 11) is 0. The van der Waals surface area contributed by atoms with Gasteiger partial charge in [0.25, 0.3) is 11.6 Å². The molecule has 1 heterocycles. The molecule has 166 valence electrons. The Morgan fingerprint density at radius 3 is 2.62 bits per heavy atom. The Balaban J connectivity index is 1.84. The number of anilines is 1. The second-order valence-electron chi connectivity index (χ2n) is 7.37. The maximum absolute atomic E-state index is 12.6. The number of aromatic nitrogens is 2. The average molecular weight is 438 g/mol. The molecule has 0 aliphatic heterocycles. The molecular weight excluding hydrogens is 416 g/mol. The molecule has 2 aromatic carbocycles. The molecule has 10 heteroatoms. The number of hydrogen-bond donors (Lipinski definition) is 2. The number of carbonyl (C=O) groups excluding carboxylic acids is 1. The average Bonchev–Trinajstić information content (AvgIpc) is 3.19. The minimum atomic E-state index is -0.977. The van der Waals surface area contributed by atoms with Crippen LogP contribution in [0.15, 0.2) is 42.7 Å². The first kappa shape index (κ1) is 22.5. The molecule has 0 saturated heterocycles. The van der Waals surface area contributed by atoms with Gasteiger partial charge in [0.15, 0.2) is 0 Å². The second-order valence-corrected chi connectivity index (χ2v) is 7.37. The highest BCUT2D eigenvalue weighted by molar-refractivity contribution is 6.04. The molecular formula is C22H22N4O6. The number of hydrogen-bond acceptors (Lipinski definition) is 6. The van der Waals surface area contributed by atoms with E-state index in [4.69, 9.17) is 9.84 Å². The predicted molar refractivity (Wildman–Crippen MR) is 116 cm³/mol. The molecule has 0 bridgehead atoms. The summed E-state index contributed by atoms with van der Waals surface area (Å²) in [5.41, 5.74) is 3.05. The Morgan fingerprint density at radius 1 is 1.19 bits per heavy atom. The zero-order valence-electron chi connectivity index (χ0n) is 17.8. The molecule has 0 atom stereocenters. The van der Waals surface area contributed by atoms with Crippen LogP contribution >= 0.6 is 0 Å². The van der Waals surface area contributed by atoms with E-state index in [9.17, 15) is 19.7 Å². The van der Waals surface area contributed by atoms with Crippen LogP contribution in [-0.4, -0.2) is 31.7 Å². The van der Waals surface area contributed by atoms with Crippen molar-refractivity contribution in [3.05, 3.63) is 75.1 Å². The molecule has 0 radical (unpaired) electrons. The number of amides is 1. The van der Waals surface area contributed by atoms with Crippen molar-refractivity contribution in [2.75, 3.05) is 5.32 Å². The van der Waals surface area contributed by atoms with E-state index in [0.29, 0.717) is 5.75 Å². The van der Waals surface area contributed by atoms with Gasteiger partial charge in [0, 0.05) is 18.3 Å². The van der Waals surface area contributed by atoms with Crippen molar-refractivity contribution in [2.24, 2.45) is 0 Å². The summed E-state index contributed by atoms with van der Waals surface area (Å²) < 4.78 is 7.26. The van der Waals surface area contributed by atoms with Crippen LogP contribution in [0.1, 0.15) is 33.5 Å². The summed E-state index contributed by atoms with van der Waals surface area (Å²) in [4.78, 5) is 34.1. The summed E-state index contributed by atoms with van der Waals surface area (Å²) in [6, 6.07) is 7.87. The Bertz CT molecular complexity index is 1200. The van der Waals surface area contributed by atoms with Crippen molar-refractivity contribution in [1.29, 1.82) is 0 Å². The quantitative estimate of drug-likeness (QED) is 0.396. The van der Waals surface area contributed by atoms with Crippen molar-refractivity contribution >= 4 is 23.3 Å². The fraction of sp³-hybridized carbons (Fsp3) is 0.227. The lowest BCUT2D eigenvalue weighted by Crippen LogP contribution is -2.11. The van der Waals surface area contributed by atoms with Gasteiger partial charge in [-0.2, -0.15) is 5.10 Å². The zero-order chi connectivity index (χ0) is 23.4. The lowest BCUT2D eigenvalue weighted by atomic mass is 10.1. The molecule has 0 aliphatic rings. The number of ether oxygens (including phenoxy) is 1. The van der Waals surface area contributed by atoms with Crippen LogP contribution in [0, 0.1) is 30.9 Å². The van der Waals surface area contributed by atoms with Crippen LogP contribution < -0.4 is 10.1 Å². The molecule has 0 saturated carbocycles. The van der Waals surface area contributed by atoms with Crippen LogP contribution in [0.3, 0.4) is 0 Å². The van der Waals surface area contributed by atoms with E-state index in [2.05, 4.69) is 10.4 Å². The van der Waals surface area contributed by atoms with Gasteiger partial charge in [-0.05, 0) is 43.5 Å². The van der Waals surface area contributed by atoms with Crippen LogP contribution in [0.5, 0.6) is 11.5 Å². The van der Waals surface area contributed by atoms with Crippen molar-refractivity contribution < 1.29 is 24.4 Å². The normalized spacial score (nSPS) is 10.6. The molecule has 2 N–H and O–H groups in total. The summed E-state index contributed by atoms with van der Waals surface area (Å²) in [6.45, 7) is 5.89. The molecule has 32 heavy (non-hydrogen) atoms. The molecule has 0 spiro atoms. The zero-order valence-corrected chi connectivity index (χ0v) is 17.8. The second kappa shape index (κ2) is 9.29. The number of rotatable bonds is 8. The number of nitrogens with zero attached hydrogens (tertiary/aromatic N) is 3. The first-order valence-electron chi connectivity index (χ1n) is 9.73. The van der Waals surface area contributed by atoms with E-state index >= 15 is 0 Å². The number of non-ortho nitro benzene ring substituents is 1. The van der Waals surface area contributed by atoms with Gasteiger partial charge < -0.3 is 15.2 Å². The third kappa shape index (κ3) is 5.48. The first-order valence-corrected chi connectivity index (χ1v) is 9.73. The van der Waals surface area contributed by atoms with Crippen molar-refractivity contribution in [2.45, 2.75) is 33.7 Å². The number of carboxylic acids is 1. The third-order valence-corrected chi connectivity index (χ3v) is 4.80. The van der Waals surface area contributed by atoms with Gasteiger partial charge in [0.05, 0.1) is 41.4 Å². The van der Waals surface area contributed by atoms with E-state index < -0.39 is 16.8 Å². The first-order chi connectivity index (χ1) is 15.1.